The van der Waals surface area contributed by atoms with Gasteiger partial charge in [0.15, 0.2) is 0 Å². The van der Waals surface area contributed by atoms with Gasteiger partial charge in [0.1, 0.15) is 5.60 Å². The molecule has 0 spiro atoms. The molecule has 1 fully saturated rings. The largest absolute Gasteiger partial charge is 0.480 e. The number of amides is 1. The molecule has 1 aliphatic rings. The fraction of sp³-hybridized carbons (Fsp3) is 0.833. The van der Waals surface area contributed by atoms with Gasteiger partial charge in [-0.15, -0.1) is 0 Å². The molecule has 2 N–H and O–H groups in total. The molecule has 0 aliphatic carbocycles. The average Bonchev–Trinajstić information content (AvgIpc) is 2.62. The zero-order chi connectivity index (χ0) is 13.8. The van der Waals surface area contributed by atoms with Crippen molar-refractivity contribution in [2.45, 2.75) is 45.3 Å². The summed E-state index contributed by atoms with van der Waals surface area (Å²) >= 11 is 0. The number of hydrogen-bond acceptors (Lipinski definition) is 4. The van der Waals surface area contributed by atoms with Gasteiger partial charge in [0.2, 0.25) is 0 Å². The maximum Gasteiger partial charge on any atom is 0.410 e. The van der Waals surface area contributed by atoms with Crippen LogP contribution in [0, 0.1) is 0 Å². The predicted molar refractivity (Wildman–Crippen MR) is 66.5 cm³/mol. The summed E-state index contributed by atoms with van der Waals surface area (Å²) in [5.74, 6) is -0.892. The highest BCUT2D eigenvalue weighted by molar-refractivity contribution is 5.69. The Balaban J connectivity index is 2.43. The Morgan fingerprint density at radius 2 is 2.11 bits per heavy atom. The van der Waals surface area contributed by atoms with Crippen molar-refractivity contribution in [1.82, 2.24) is 10.2 Å². The molecule has 0 saturated carbocycles. The van der Waals surface area contributed by atoms with Gasteiger partial charge in [-0.3, -0.25) is 4.79 Å². The number of hydrogen-bond donors (Lipinski definition) is 2. The molecule has 0 bridgehead atoms. The minimum absolute atomic E-state index is 0.0270. The molecule has 1 aliphatic heterocycles. The van der Waals surface area contributed by atoms with Crippen molar-refractivity contribution in [2.75, 3.05) is 19.6 Å². The first-order valence-corrected chi connectivity index (χ1v) is 6.22. The van der Waals surface area contributed by atoms with Crippen molar-refractivity contribution in [3.63, 3.8) is 0 Å². The summed E-state index contributed by atoms with van der Waals surface area (Å²) in [7, 11) is 0. The molecule has 1 amide bonds. The minimum Gasteiger partial charge on any atom is -0.480 e. The smallest absolute Gasteiger partial charge is 0.410 e. The lowest BCUT2D eigenvalue weighted by atomic mass is 10.2. The van der Waals surface area contributed by atoms with Crippen molar-refractivity contribution in [3.05, 3.63) is 0 Å². The topological polar surface area (TPSA) is 78.9 Å². The molecule has 104 valence electrons. The van der Waals surface area contributed by atoms with Gasteiger partial charge in [-0.05, 0) is 33.6 Å². The van der Waals surface area contributed by atoms with E-state index in [-0.39, 0.29) is 18.7 Å². The number of likely N-dealkylation sites (tertiary alicyclic amines) is 1. The molecule has 6 nitrogen and oxygen atoms in total. The van der Waals surface area contributed by atoms with E-state index >= 15 is 0 Å². The van der Waals surface area contributed by atoms with Crippen molar-refractivity contribution in [3.8, 4) is 0 Å². The van der Waals surface area contributed by atoms with E-state index in [9.17, 15) is 9.59 Å². The van der Waals surface area contributed by atoms with Crippen LogP contribution in [0.3, 0.4) is 0 Å². The number of ether oxygens (including phenoxy) is 1. The Hall–Kier alpha value is -1.30. The summed E-state index contributed by atoms with van der Waals surface area (Å²) in [5, 5.41) is 11.4. The van der Waals surface area contributed by atoms with Crippen LogP contribution in [0.2, 0.25) is 0 Å². The van der Waals surface area contributed by atoms with Gasteiger partial charge in [-0.25, -0.2) is 4.79 Å². The molecule has 0 aromatic carbocycles. The van der Waals surface area contributed by atoms with Crippen LogP contribution >= 0.6 is 0 Å². The standard InChI is InChI=1S/C12H22N2O4/c1-12(2,3)18-11(17)14-6-4-5-9(14)7-13-8-10(15)16/h9,13H,4-8H2,1-3H3,(H,15,16)/t9-/m1/s1. The Labute approximate surface area is 107 Å². The Kier molecular flexibility index (Phi) is 4.95. The third-order valence-corrected chi connectivity index (χ3v) is 2.66. The van der Waals surface area contributed by atoms with E-state index in [1.54, 1.807) is 4.90 Å². The van der Waals surface area contributed by atoms with Crippen LogP contribution < -0.4 is 5.32 Å². The van der Waals surface area contributed by atoms with Crippen molar-refractivity contribution in [1.29, 1.82) is 0 Å². The van der Waals surface area contributed by atoms with Gasteiger partial charge in [-0.2, -0.15) is 0 Å². The lowest BCUT2D eigenvalue weighted by molar-refractivity contribution is -0.135. The lowest BCUT2D eigenvalue weighted by Gasteiger charge is -2.28. The number of nitrogens with one attached hydrogen (secondary N) is 1. The van der Waals surface area contributed by atoms with Gasteiger partial charge in [0.25, 0.3) is 0 Å². The maximum absolute atomic E-state index is 11.9. The van der Waals surface area contributed by atoms with Crippen LogP contribution in [0.15, 0.2) is 0 Å². The number of aliphatic carboxylic acids is 1. The van der Waals surface area contributed by atoms with E-state index in [1.165, 1.54) is 0 Å². The van der Waals surface area contributed by atoms with Gasteiger partial charge >= 0.3 is 12.1 Å². The molecule has 0 aromatic heterocycles. The Morgan fingerprint density at radius 1 is 1.44 bits per heavy atom. The molecule has 0 aromatic rings. The van der Waals surface area contributed by atoms with Crippen molar-refractivity contribution < 1.29 is 19.4 Å². The van der Waals surface area contributed by atoms with E-state index in [1.807, 2.05) is 20.8 Å². The molecule has 6 heteroatoms. The molecular formula is C12H22N2O4. The normalized spacial score (nSPS) is 19.9. The molecular weight excluding hydrogens is 236 g/mol. The second-order valence-electron chi connectivity index (χ2n) is 5.49. The first-order chi connectivity index (χ1) is 8.29. The molecule has 18 heavy (non-hydrogen) atoms. The van der Waals surface area contributed by atoms with Gasteiger partial charge in [0, 0.05) is 19.1 Å². The summed E-state index contributed by atoms with van der Waals surface area (Å²) in [6.45, 7) is 6.58. The first-order valence-electron chi connectivity index (χ1n) is 6.22. The quantitative estimate of drug-likeness (QED) is 0.788. The number of nitrogens with zero attached hydrogens (tertiary/aromatic N) is 1. The second kappa shape index (κ2) is 6.04. The minimum atomic E-state index is -0.892. The van der Waals surface area contributed by atoms with Gasteiger partial charge in [-0.1, -0.05) is 0 Å². The summed E-state index contributed by atoms with van der Waals surface area (Å²) in [6.07, 6.45) is 1.49. The number of carboxylic acid groups (broad SMARTS) is 1. The Bertz CT molecular complexity index is 312. The fourth-order valence-electron chi connectivity index (χ4n) is 1.95. The molecule has 0 unspecified atom stereocenters. The van der Waals surface area contributed by atoms with Crippen LogP contribution in [0.25, 0.3) is 0 Å². The maximum atomic E-state index is 11.9. The van der Waals surface area contributed by atoms with E-state index in [4.69, 9.17) is 9.84 Å². The van der Waals surface area contributed by atoms with Crippen LogP contribution in [0.5, 0.6) is 0 Å². The van der Waals surface area contributed by atoms with Gasteiger partial charge < -0.3 is 20.1 Å². The highest BCUT2D eigenvalue weighted by Gasteiger charge is 2.31. The fourth-order valence-corrected chi connectivity index (χ4v) is 1.95. The molecule has 1 saturated heterocycles. The summed E-state index contributed by atoms with van der Waals surface area (Å²) < 4.78 is 5.32. The average molecular weight is 258 g/mol. The monoisotopic (exact) mass is 258 g/mol. The zero-order valence-corrected chi connectivity index (χ0v) is 11.2. The molecule has 1 heterocycles. The second-order valence-corrected chi connectivity index (χ2v) is 5.49. The lowest BCUT2D eigenvalue weighted by Crippen LogP contribution is -2.44. The number of rotatable bonds is 4. The van der Waals surface area contributed by atoms with Gasteiger partial charge in [0.05, 0.1) is 6.54 Å². The molecule has 0 radical (unpaired) electrons. The third-order valence-electron chi connectivity index (χ3n) is 2.66. The summed E-state index contributed by atoms with van der Waals surface area (Å²) in [5.41, 5.74) is -0.501. The van der Waals surface area contributed by atoms with E-state index in [0.717, 1.165) is 12.8 Å². The summed E-state index contributed by atoms with van der Waals surface area (Å²) in [4.78, 5) is 24.0. The number of carbonyl (C=O) groups is 2. The predicted octanol–water partition coefficient (Wildman–Crippen LogP) is 1.06. The van der Waals surface area contributed by atoms with Crippen LogP contribution in [0.4, 0.5) is 4.79 Å². The summed E-state index contributed by atoms with van der Waals surface area (Å²) in [6, 6.07) is 0.0270. The van der Waals surface area contributed by atoms with E-state index in [0.29, 0.717) is 13.1 Å². The molecule has 1 atom stereocenters. The highest BCUT2D eigenvalue weighted by Crippen LogP contribution is 2.20. The zero-order valence-electron chi connectivity index (χ0n) is 11.2. The first kappa shape index (κ1) is 14.8. The molecule has 1 rings (SSSR count). The Morgan fingerprint density at radius 3 is 2.67 bits per heavy atom. The van der Waals surface area contributed by atoms with Crippen LogP contribution in [0.1, 0.15) is 33.6 Å². The van der Waals surface area contributed by atoms with Crippen molar-refractivity contribution in [2.24, 2.45) is 0 Å². The van der Waals surface area contributed by atoms with E-state index in [2.05, 4.69) is 5.32 Å². The highest BCUT2D eigenvalue weighted by atomic mass is 16.6. The SMILES string of the molecule is CC(C)(C)OC(=O)N1CCC[C@@H]1CNCC(=O)O. The van der Waals surface area contributed by atoms with Crippen molar-refractivity contribution >= 4 is 12.1 Å². The van der Waals surface area contributed by atoms with Crippen LogP contribution in [-0.4, -0.2) is 53.3 Å². The van der Waals surface area contributed by atoms with E-state index < -0.39 is 11.6 Å². The number of carbonyl (C=O) groups excluding carboxylic acids is 1. The van der Waals surface area contributed by atoms with Crippen LogP contribution in [-0.2, 0) is 9.53 Å². The third kappa shape index (κ3) is 4.91. The number of carboxylic acids is 1.